The molecule has 0 fully saturated rings. The minimum atomic E-state index is -0.581. The average Bonchev–Trinajstić information content (AvgIpc) is 2.34. The van der Waals surface area contributed by atoms with Crippen LogP contribution in [0.5, 0.6) is 0 Å². The summed E-state index contributed by atoms with van der Waals surface area (Å²) >= 11 is 0. The van der Waals surface area contributed by atoms with Gasteiger partial charge in [-0.1, -0.05) is 64.4 Å². The van der Waals surface area contributed by atoms with E-state index in [-0.39, 0.29) is 11.3 Å². The van der Waals surface area contributed by atoms with Crippen LogP contribution in [-0.2, 0) is 9.68 Å². The SMILES string of the molecule is CCC(C(C(=O)OO)c1ccccc1)C(C)(C)C. The van der Waals surface area contributed by atoms with E-state index in [1.54, 1.807) is 0 Å². The van der Waals surface area contributed by atoms with Crippen LogP contribution < -0.4 is 0 Å². The third-order valence-corrected chi connectivity index (χ3v) is 3.46. The largest absolute Gasteiger partial charge is 0.349 e. The van der Waals surface area contributed by atoms with Crippen molar-refractivity contribution in [2.24, 2.45) is 11.3 Å². The highest BCUT2D eigenvalue weighted by Gasteiger charge is 2.37. The van der Waals surface area contributed by atoms with Crippen LogP contribution in [0, 0.1) is 11.3 Å². The minimum absolute atomic E-state index is 0.0382. The van der Waals surface area contributed by atoms with Crippen molar-refractivity contribution in [3.63, 3.8) is 0 Å². The van der Waals surface area contributed by atoms with E-state index >= 15 is 0 Å². The molecule has 3 nitrogen and oxygen atoms in total. The summed E-state index contributed by atoms with van der Waals surface area (Å²) in [6.45, 7) is 8.35. The third-order valence-electron chi connectivity index (χ3n) is 3.46. The summed E-state index contributed by atoms with van der Waals surface area (Å²) in [6.07, 6.45) is 0.845. The van der Waals surface area contributed by atoms with E-state index in [9.17, 15) is 4.79 Å². The molecule has 0 aliphatic carbocycles. The molecule has 18 heavy (non-hydrogen) atoms. The molecule has 0 aliphatic rings. The van der Waals surface area contributed by atoms with Gasteiger partial charge in [-0.15, -0.1) is 0 Å². The van der Waals surface area contributed by atoms with Gasteiger partial charge in [0.25, 0.3) is 0 Å². The van der Waals surface area contributed by atoms with Gasteiger partial charge >= 0.3 is 5.97 Å². The first-order valence-corrected chi connectivity index (χ1v) is 6.32. The van der Waals surface area contributed by atoms with Gasteiger partial charge in [-0.2, -0.15) is 5.26 Å². The van der Waals surface area contributed by atoms with E-state index in [1.807, 2.05) is 30.3 Å². The monoisotopic (exact) mass is 250 g/mol. The Hall–Kier alpha value is -1.35. The van der Waals surface area contributed by atoms with Crippen molar-refractivity contribution in [2.75, 3.05) is 0 Å². The van der Waals surface area contributed by atoms with E-state index < -0.39 is 11.9 Å². The second-order valence-electron chi connectivity index (χ2n) is 5.68. The molecular formula is C15H22O3. The summed E-state index contributed by atoms with van der Waals surface area (Å²) < 4.78 is 0. The highest BCUT2D eigenvalue weighted by molar-refractivity contribution is 5.78. The smallest absolute Gasteiger partial charge is 0.300 e. The second kappa shape index (κ2) is 6.01. The lowest BCUT2D eigenvalue weighted by Gasteiger charge is -2.35. The zero-order valence-corrected chi connectivity index (χ0v) is 11.5. The molecular weight excluding hydrogens is 228 g/mol. The van der Waals surface area contributed by atoms with Crippen LogP contribution in [0.2, 0.25) is 0 Å². The summed E-state index contributed by atoms with van der Waals surface area (Å²) in [4.78, 5) is 15.9. The minimum Gasteiger partial charge on any atom is -0.300 e. The van der Waals surface area contributed by atoms with Crippen LogP contribution in [0.4, 0.5) is 0 Å². The van der Waals surface area contributed by atoms with Crippen molar-refractivity contribution in [2.45, 2.75) is 40.0 Å². The highest BCUT2D eigenvalue weighted by Crippen LogP contribution is 2.40. The van der Waals surface area contributed by atoms with Crippen LogP contribution in [-0.4, -0.2) is 11.2 Å². The Balaban J connectivity index is 3.17. The quantitative estimate of drug-likeness (QED) is 0.652. The fourth-order valence-corrected chi connectivity index (χ4v) is 2.60. The average molecular weight is 250 g/mol. The Morgan fingerprint density at radius 2 is 1.83 bits per heavy atom. The molecule has 1 aromatic rings. The maximum Gasteiger partial charge on any atom is 0.349 e. The molecule has 1 aromatic carbocycles. The molecule has 2 unspecified atom stereocenters. The Kier molecular flexibility index (Phi) is 4.91. The van der Waals surface area contributed by atoms with Crippen LogP contribution in [0.25, 0.3) is 0 Å². The van der Waals surface area contributed by atoms with Gasteiger partial charge in [0, 0.05) is 0 Å². The molecule has 0 heterocycles. The molecule has 2 atom stereocenters. The molecule has 0 aliphatic heterocycles. The number of benzene rings is 1. The molecule has 100 valence electrons. The number of rotatable bonds is 4. The molecule has 0 radical (unpaired) electrons. The van der Waals surface area contributed by atoms with E-state index in [1.165, 1.54) is 0 Å². The summed E-state index contributed by atoms with van der Waals surface area (Å²) in [5.74, 6) is -0.899. The van der Waals surface area contributed by atoms with Gasteiger partial charge in [0.1, 0.15) is 0 Å². The molecule has 0 saturated carbocycles. The van der Waals surface area contributed by atoms with Crippen molar-refractivity contribution in [1.82, 2.24) is 0 Å². The lowest BCUT2D eigenvalue weighted by atomic mass is 9.69. The fourth-order valence-electron chi connectivity index (χ4n) is 2.60. The lowest BCUT2D eigenvalue weighted by molar-refractivity contribution is -0.238. The van der Waals surface area contributed by atoms with Crippen LogP contribution in [0.15, 0.2) is 30.3 Å². The second-order valence-corrected chi connectivity index (χ2v) is 5.68. The molecule has 0 aromatic heterocycles. The maximum atomic E-state index is 11.9. The van der Waals surface area contributed by atoms with E-state index in [2.05, 4.69) is 32.6 Å². The third kappa shape index (κ3) is 3.33. The fraction of sp³-hybridized carbons (Fsp3) is 0.533. The van der Waals surface area contributed by atoms with Crippen LogP contribution >= 0.6 is 0 Å². The molecule has 0 spiro atoms. The van der Waals surface area contributed by atoms with E-state index in [0.29, 0.717) is 0 Å². The predicted molar refractivity (Wildman–Crippen MR) is 71.1 cm³/mol. The van der Waals surface area contributed by atoms with Gasteiger partial charge in [0.05, 0.1) is 5.92 Å². The van der Waals surface area contributed by atoms with Crippen LogP contribution in [0.1, 0.15) is 45.6 Å². The Bertz CT molecular complexity index is 378. The van der Waals surface area contributed by atoms with Gasteiger partial charge in [-0.25, -0.2) is 4.79 Å². The lowest BCUT2D eigenvalue weighted by Crippen LogP contribution is -2.32. The number of hydrogen-bond donors (Lipinski definition) is 1. The first kappa shape index (κ1) is 14.7. The summed E-state index contributed by atoms with van der Waals surface area (Å²) in [7, 11) is 0. The first-order valence-electron chi connectivity index (χ1n) is 6.32. The van der Waals surface area contributed by atoms with E-state index in [4.69, 9.17) is 5.26 Å². The Morgan fingerprint density at radius 3 is 2.22 bits per heavy atom. The molecule has 0 amide bonds. The van der Waals surface area contributed by atoms with Gasteiger partial charge in [0.15, 0.2) is 0 Å². The summed E-state index contributed by atoms with van der Waals surface area (Å²) in [5.41, 5.74) is 0.849. The summed E-state index contributed by atoms with van der Waals surface area (Å²) in [5, 5.41) is 8.73. The standard InChI is InChI=1S/C15H22O3/c1-5-12(15(2,3)4)13(14(16)18-17)11-9-7-6-8-10-11/h6-10,12-13,17H,5H2,1-4H3. The van der Waals surface area contributed by atoms with Crippen LogP contribution in [0.3, 0.4) is 0 Å². The topological polar surface area (TPSA) is 46.5 Å². The van der Waals surface area contributed by atoms with Crippen molar-refractivity contribution >= 4 is 5.97 Å². The molecule has 1 N–H and O–H groups in total. The first-order chi connectivity index (χ1) is 8.41. The number of hydrogen-bond acceptors (Lipinski definition) is 3. The van der Waals surface area contributed by atoms with Gasteiger partial charge in [-0.05, 0) is 16.9 Å². The summed E-state index contributed by atoms with van der Waals surface area (Å²) in [6, 6.07) is 9.49. The Morgan fingerprint density at radius 1 is 1.28 bits per heavy atom. The normalized spacial score (nSPS) is 14.9. The van der Waals surface area contributed by atoms with Gasteiger partial charge in [0.2, 0.25) is 0 Å². The highest BCUT2D eigenvalue weighted by atomic mass is 17.1. The number of carbonyl (C=O) groups excluding carboxylic acids is 1. The zero-order chi connectivity index (χ0) is 13.8. The van der Waals surface area contributed by atoms with E-state index in [0.717, 1.165) is 12.0 Å². The van der Waals surface area contributed by atoms with Crippen molar-refractivity contribution in [1.29, 1.82) is 0 Å². The maximum absolute atomic E-state index is 11.9. The number of carbonyl (C=O) groups is 1. The van der Waals surface area contributed by atoms with Crippen molar-refractivity contribution in [3.05, 3.63) is 35.9 Å². The van der Waals surface area contributed by atoms with Crippen molar-refractivity contribution < 1.29 is 14.9 Å². The molecule has 1 rings (SSSR count). The van der Waals surface area contributed by atoms with Gasteiger partial charge < -0.3 is 4.89 Å². The molecule has 0 saturated heterocycles. The molecule has 0 bridgehead atoms. The van der Waals surface area contributed by atoms with Gasteiger partial charge in [-0.3, -0.25) is 0 Å². The van der Waals surface area contributed by atoms with Crippen molar-refractivity contribution in [3.8, 4) is 0 Å². The predicted octanol–water partition coefficient (Wildman–Crippen LogP) is 3.86. The zero-order valence-electron chi connectivity index (χ0n) is 11.5. The Labute approximate surface area is 109 Å². The molecule has 3 heteroatoms.